The summed E-state index contributed by atoms with van der Waals surface area (Å²) in [6.07, 6.45) is 0. The number of rotatable bonds is 2. The second kappa shape index (κ2) is 4.23. The molecule has 0 radical (unpaired) electrons. The minimum Gasteiger partial charge on any atom is -0.258 e. The second-order valence-corrected chi connectivity index (χ2v) is 4.33. The van der Waals surface area contributed by atoms with Gasteiger partial charge in [-0.1, -0.05) is 15.9 Å². The Bertz CT molecular complexity index is 461. The summed E-state index contributed by atoms with van der Waals surface area (Å²) in [5, 5.41) is 21.3. The van der Waals surface area contributed by atoms with Crippen LogP contribution in [0, 0.1) is 27.2 Å². The molecule has 15 heavy (non-hydrogen) atoms. The maximum absolute atomic E-state index is 10.7. The highest BCUT2D eigenvalue weighted by atomic mass is 79.9. The van der Waals surface area contributed by atoms with E-state index in [9.17, 15) is 20.2 Å². The van der Waals surface area contributed by atoms with Crippen LogP contribution in [-0.4, -0.2) is 9.85 Å². The van der Waals surface area contributed by atoms with Crippen LogP contribution >= 0.6 is 31.9 Å². The number of hydrogen-bond donors (Lipinski definition) is 0. The zero-order valence-corrected chi connectivity index (χ0v) is 10.5. The molecule has 0 aliphatic rings. The number of hydrogen-bond acceptors (Lipinski definition) is 4. The van der Waals surface area contributed by atoms with Gasteiger partial charge in [0.05, 0.1) is 9.85 Å². The molecule has 1 aromatic rings. The lowest BCUT2D eigenvalue weighted by atomic mass is 10.2. The minimum atomic E-state index is -0.679. The molecule has 6 nitrogen and oxygen atoms in total. The van der Waals surface area contributed by atoms with E-state index in [0.717, 1.165) is 0 Å². The van der Waals surface area contributed by atoms with Crippen LogP contribution in [0.25, 0.3) is 0 Å². The summed E-state index contributed by atoms with van der Waals surface area (Å²) in [5.74, 6) is 0. The van der Waals surface area contributed by atoms with E-state index in [4.69, 9.17) is 0 Å². The third-order valence-corrected chi connectivity index (χ3v) is 3.39. The molecule has 0 saturated carbocycles. The molecule has 1 rings (SSSR count). The van der Waals surface area contributed by atoms with Crippen LogP contribution in [0.2, 0.25) is 0 Å². The van der Waals surface area contributed by atoms with Gasteiger partial charge < -0.3 is 0 Å². The smallest absolute Gasteiger partial charge is 0.258 e. The van der Waals surface area contributed by atoms with E-state index in [1.807, 2.05) is 0 Å². The Morgan fingerprint density at radius 1 is 1.20 bits per heavy atom. The molecule has 8 heteroatoms. The fourth-order valence-electron chi connectivity index (χ4n) is 1.04. The van der Waals surface area contributed by atoms with Gasteiger partial charge in [0.25, 0.3) is 11.4 Å². The predicted octanol–water partition coefficient (Wildman–Crippen LogP) is 3.34. The van der Waals surface area contributed by atoms with Crippen molar-refractivity contribution in [2.24, 2.45) is 0 Å². The topological polar surface area (TPSA) is 86.3 Å². The van der Waals surface area contributed by atoms with E-state index >= 15 is 0 Å². The van der Waals surface area contributed by atoms with Gasteiger partial charge in [-0.3, -0.25) is 20.2 Å². The first-order valence-corrected chi connectivity index (χ1v) is 5.22. The van der Waals surface area contributed by atoms with Crippen LogP contribution in [0.1, 0.15) is 5.56 Å². The lowest BCUT2D eigenvalue weighted by molar-refractivity contribution is -0.396. The Labute approximate surface area is 101 Å². The average Bonchev–Trinajstić information content (AvgIpc) is 2.10. The summed E-state index contributed by atoms with van der Waals surface area (Å²) in [6, 6.07) is 1.23. The van der Waals surface area contributed by atoms with E-state index in [2.05, 4.69) is 31.9 Å². The summed E-state index contributed by atoms with van der Waals surface area (Å²) in [7, 11) is 0. The first-order chi connectivity index (χ1) is 6.86. The number of benzene rings is 1. The van der Waals surface area contributed by atoms with Gasteiger partial charge in [0.2, 0.25) is 0 Å². The summed E-state index contributed by atoms with van der Waals surface area (Å²) < 4.78 is 0.224. The molecule has 0 unspecified atom stereocenters. The van der Waals surface area contributed by atoms with Crippen molar-refractivity contribution in [3.63, 3.8) is 0 Å². The van der Waals surface area contributed by atoms with Gasteiger partial charge in [0.15, 0.2) is 4.47 Å². The Morgan fingerprint density at radius 2 is 1.73 bits per heavy atom. The standard InChI is InChI=1S/C7H4Br2N2O4/c1-3-4(8)2-5(10(12)13)6(9)7(3)11(14)15/h2H,1H3. The highest BCUT2D eigenvalue weighted by molar-refractivity contribution is 9.11. The van der Waals surface area contributed by atoms with Gasteiger partial charge >= 0.3 is 0 Å². The molecule has 0 amide bonds. The minimum absolute atomic E-state index is 0.113. The van der Waals surface area contributed by atoms with Gasteiger partial charge in [-0.2, -0.15) is 0 Å². The van der Waals surface area contributed by atoms with Gasteiger partial charge in [-0.15, -0.1) is 0 Å². The fraction of sp³-hybridized carbons (Fsp3) is 0.143. The zero-order chi connectivity index (χ0) is 11.7. The number of halogens is 2. The number of nitrogens with zero attached hydrogens (tertiary/aromatic N) is 2. The van der Waals surface area contributed by atoms with Crippen LogP contribution in [0.5, 0.6) is 0 Å². The quantitative estimate of drug-likeness (QED) is 0.610. The van der Waals surface area contributed by atoms with Gasteiger partial charge in [-0.05, 0) is 22.9 Å². The first kappa shape index (κ1) is 12.1. The summed E-state index contributed by atoms with van der Waals surface area (Å²) in [4.78, 5) is 20.0. The molecular weight excluding hydrogens is 336 g/mol. The Balaban J connectivity index is 3.63. The zero-order valence-electron chi connectivity index (χ0n) is 7.36. The van der Waals surface area contributed by atoms with Crippen LogP contribution < -0.4 is 0 Å². The van der Waals surface area contributed by atoms with Crippen LogP contribution in [0.4, 0.5) is 11.4 Å². The van der Waals surface area contributed by atoms with Gasteiger partial charge in [0, 0.05) is 16.1 Å². The van der Waals surface area contributed by atoms with E-state index < -0.39 is 9.85 Å². The molecule has 0 fully saturated rings. The molecule has 0 bridgehead atoms. The summed E-state index contributed by atoms with van der Waals surface area (Å²) in [5.41, 5.74) is -0.285. The highest BCUT2D eigenvalue weighted by Gasteiger charge is 2.27. The maximum atomic E-state index is 10.7. The van der Waals surface area contributed by atoms with Crippen molar-refractivity contribution < 1.29 is 9.85 Å². The molecule has 1 aromatic carbocycles. The van der Waals surface area contributed by atoms with E-state index in [0.29, 0.717) is 10.0 Å². The third kappa shape index (κ3) is 2.15. The van der Waals surface area contributed by atoms with E-state index in [1.165, 1.54) is 13.0 Å². The van der Waals surface area contributed by atoms with Gasteiger partial charge in [0.1, 0.15) is 0 Å². The molecule has 0 atom stereocenters. The normalized spacial score (nSPS) is 10.1. The molecule has 0 aliphatic carbocycles. The van der Waals surface area contributed by atoms with Crippen LogP contribution in [0.3, 0.4) is 0 Å². The number of nitro groups is 2. The molecule has 0 aliphatic heterocycles. The molecule has 0 N–H and O–H groups in total. The van der Waals surface area contributed by atoms with Crippen molar-refractivity contribution in [2.75, 3.05) is 0 Å². The van der Waals surface area contributed by atoms with E-state index in [-0.39, 0.29) is 15.8 Å². The van der Waals surface area contributed by atoms with Crippen molar-refractivity contribution >= 4 is 43.2 Å². The van der Waals surface area contributed by atoms with E-state index in [1.54, 1.807) is 0 Å². The number of nitro benzene ring substituents is 2. The molecular formula is C7H4Br2N2O4. The van der Waals surface area contributed by atoms with Crippen molar-refractivity contribution in [3.8, 4) is 0 Å². The predicted molar refractivity (Wildman–Crippen MR) is 59.9 cm³/mol. The summed E-state index contributed by atoms with van der Waals surface area (Å²) >= 11 is 5.90. The molecule has 0 saturated heterocycles. The Kier molecular flexibility index (Phi) is 3.40. The first-order valence-electron chi connectivity index (χ1n) is 3.63. The van der Waals surface area contributed by atoms with Crippen molar-refractivity contribution in [1.29, 1.82) is 0 Å². The van der Waals surface area contributed by atoms with Crippen LogP contribution in [-0.2, 0) is 0 Å². The monoisotopic (exact) mass is 338 g/mol. The Hall–Kier alpha value is -1.02. The lowest BCUT2D eigenvalue weighted by Gasteiger charge is -2.03. The fourth-order valence-corrected chi connectivity index (χ4v) is 2.15. The van der Waals surface area contributed by atoms with Crippen LogP contribution in [0.15, 0.2) is 15.0 Å². The largest absolute Gasteiger partial charge is 0.294 e. The third-order valence-electron chi connectivity index (χ3n) is 1.79. The van der Waals surface area contributed by atoms with Gasteiger partial charge in [-0.25, -0.2) is 0 Å². The molecule has 0 spiro atoms. The highest BCUT2D eigenvalue weighted by Crippen LogP contribution is 2.40. The Morgan fingerprint density at radius 3 is 2.13 bits per heavy atom. The molecule has 0 aromatic heterocycles. The second-order valence-electron chi connectivity index (χ2n) is 2.68. The van der Waals surface area contributed by atoms with Crippen molar-refractivity contribution in [1.82, 2.24) is 0 Å². The maximum Gasteiger partial charge on any atom is 0.294 e. The van der Waals surface area contributed by atoms with Crippen molar-refractivity contribution in [3.05, 3.63) is 40.8 Å². The SMILES string of the molecule is Cc1c(Br)cc([N+](=O)[O-])c(Br)c1[N+](=O)[O-]. The lowest BCUT2D eigenvalue weighted by Crippen LogP contribution is -1.98. The molecule has 80 valence electrons. The summed E-state index contributed by atoms with van der Waals surface area (Å²) in [6.45, 7) is 1.51. The molecule has 0 heterocycles. The average molecular weight is 340 g/mol. The van der Waals surface area contributed by atoms with Crippen molar-refractivity contribution in [2.45, 2.75) is 6.92 Å².